The van der Waals surface area contributed by atoms with Crippen LogP contribution in [0.4, 0.5) is 5.00 Å². The zero-order chi connectivity index (χ0) is 22.1. The Bertz CT molecular complexity index is 1310. The van der Waals surface area contributed by atoms with Crippen LogP contribution in [0, 0.1) is 6.92 Å². The van der Waals surface area contributed by atoms with Crippen LogP contribution < -0.4 is 10.6 Å². The molecule has 2 N–H and O–H groups in total. The van der Waals surface area contributed by atoms with Crippen molar-refractivity contribution in [1.29, 1.82) is 0 Å². The minimum Gasteiger partial charge on any atom is -0.464 e. The van der Waals surface area contributed by atoms with E-state index in [-0.39, 0.29) is 18.2 Å². The lowest BCUT2D eigenvalue weighted by atomic mass is 10.1. The van der Waals surface area contributed by atoms with Gasteiger partial charge in [-0.15, -0.1) is 11.3 Å². The predicted molar refractivity (Wildman–Crippen MR) is 125 cm³/mol. The first-order valence-corrected chi connectivity index (χ1v) is 11.5. The molecule has 1 aliphatic carbocycles. The van der Waals surface area contributed by atoms with Gasteiger partial charge in [-0.2, -0.15) is 0 Å². The van der Waals surface area contributed by atoms with Crippen LogP contribution in [0.2, 0.25) is 0 Å². The third-order valence-corrected chi connectivity index (χ3v) is 6.95. The van der Waals surface area contributed by atoms with Gasteiger partial charge in [0, 0.05) is 34.8 Å². The Hall–Kier alpha value is -3.45. The Morgan fingerprint density at radius 3 is 2.97 bits per heavy atom. The summed E-state index contributed by atoms with van der Waals surface area (Å²) in [6.45, 7) is 2.40. The second kappa shape index (κ2) is 8.59. The average molecular weight is 446 g/mol. The summed E-state index contributed by atoms with van der Waals surface area (Å²) in [5.41, 5.74) is 5.33. The molecule has 5 rings (SSSR count). The summed E-state index contributed by atoms with van der Waals surface area (Å²) in [6, 6.07) is 9.72. The summed E-state index contributed by atoms with van der Waals surface area (Å²) in [6.07, 6.45) is 8.12. The number of benzene rings is 1. The van der Waals surface area contributed by atoms with Gasteiger partial charge < -0.3 is 15.1 Å². The van der Waals surface area contributed by atoms with E-state index >= 15 is 0 Å². The van der Waals surface area contributed by atoms with Gasteiger partial charge in [0.1, 0.15) is 10.6 Å². The van der Waals surface area contributed by atoms with Crippen LogP contribution >= 0.6 is 11.3 Å². The van der Waals surface area contributed by atoms with Crippen molar-refractivity contribution >= 4 is 39.1 Å². The van der Waals surface area contributed by atoms with Crippen molar-refractivity contribution in [2.45, 2.75) is 39.2 Å². The van der Waals surface area contributed by atoms with Crippen molar-refractivity contribution in [2.24, 2.45) is 0 Å². The third kappa shape index (κ3) is 4.03. The first-order chi connectivity index (χ1) is 15.6. The Kier molecular flexibility index (Phi) is 5.49. The van der Waals surface area contributed by atoms with E-state index in [9.17, 15) is 9.59 Å². The van der Waals surface area contributed by atoms with Gasteiger partial charge in [0.05, 0.1) is 18.2 Å². The second-order valence-electron chi connectivity index (χ2n) is 8.09. The SMILES string of the molecule is Cc1ccc2c(CC(=O)Nc3sc4c(c3C(=O)NCc3cccnc3)CCC4)coc2c1. The number of carbonyl (C=O) groups is 2. The van der Waals surface area contributed by atoms with Crippen molar-refractivity contribution in [2.75, 3.05) is 5.32 Å². The molecule has 162 valence electrons. The van der Waals surface area contributed by atoms with E-state index in [1.54, 1.807) is 18.7 Å². The molecule has 2 amide bonds. The van der Waals surface area contributed by atoms with Crippen LogP contribution in [0.15, 0.2) is 53.4 Å². The number of aryl methyl sites for hydroxylation is 2. The Labute approximate surface area is 189 Å². The van der Waals surface area contributed by atoms with Gasteiger partial charge in [-0.25, -0.2) is 0 Å². The highest BCUT2D eigenvalue weighted by Gasteiger charge is 2.27. The number of anilines is 1. The normalized spacial score (nSPS) is 12.7. The molecule has 0 radical (unpaired) electrons. The van der Waals surface area contributed by atoms with Crippen LogP contribution in [0.5, 0.6) is 0 Å². The lowest BCUT2D eigenvalue weighted by Gasteiger charge is -2.09. The van der Waals surface area contributed by atoms with Crippen molar-refractivity contribution in [3.8, 4) is 0 Å². The highest BCUT2D eigenvalue weighted by atomic mass is 32.1. The maximum Gasteiger partial charge on any atom is 0.254 e. The Morgan fingerprint density at radius 2 is 2.12 bits per heavy atom. The molecule has 0 atom stereocenters. The number of nitrogens with zero attached hydrogens (tertiary/aromatic N) is 1. The van der Waals surface area contributed by atoms with Crippen LogP contribution in [-0.4, -0.2) is 16.8 Å². The summed E-state index contributed by atoms with van der Waals surface area (Å²) in [5, 5.41) is 7.55. The molecule has 3 heterocycles. The molecule has 0 saturated carbocycles. The van der Waals surface area contributed by atoms with Crippen LogP contribution in [0.3, 0.4) is 0 Å². The van der Waals surface area contributed by atoms with Crippen LogP contribution in [0.25, 0.3) is 11.0 Å². The topological polar surface area (TPSA) is 84.2 Å². The highest BCUT2D eigenvalue weighted by Crippen LogP contribution is 2.39. The van der Waals surface area contributed by atoms with E-state index in [4.69, 9.17) is 4.42 Å². The molecule has 0 spiro atoms. The molecule has 32 heavy (non-hydrogen) atoms. The lowest BCUT2D eigenvalue weighted by molar-refractivity contribution is -0.115. The number of pyridine rings is 1. The largest absolute Gasteiger partial charge is 0.464 e. The molecule has 0 bridgehead atoms. The van der Waals surface area contributed by atoms with E-state index in [2.05, 4.69) is 15.6 Å². The number of rotatable bonds is 6. The zero-order valence-electron chi connectivity index (χ0n) is 17.7. The fourth-order valence-electron chi connectivity index (χ4n) is 4.18. The minimum atomic E-state index is -0.159. The number of amides is 2. The number of furan rings is 1. The summed E-state index contributed by atoms with van der Waals surface area (Å²) in [7, 11) is 0. The fourth-order valence-corrected chi connectivity index (χ4v) is 5.48. The van der Waals surface area contributed by atoms with E-state index in [0.29, 0.717) is 17.1 Å². The molecule has 6 nitrogen and oxygen atoms in total. The lowest BCUT2D eigenvalue weighted by Crippen LogP contribution is -2.25. The minimum absolute atomic E-state index is 0.158. The third-order valence-electron chi connectivity index (χ3n) is 5.74. The molecule has 4 aromatic rings. The van der Waals surface area contributed by atoms with E-state index < -0.39 is 0 Å². The Morgan fingerprint density at radius 1 is 1.22 bits per heavy atom. The van der Waals surface area contributed by atoms with Gasteiger partial charge in [-0.1, -0.05) is 18.2 Å². The number of aromatic nitrogens is 1. The van der Waals surface area contributed by atoms with Crippen molar-refractivity contribution in [3.63, 3.8) is 0 Å². The first-order valence-electron chi connectivity index (χ1n) is 10.7. The van der Waals surface area contributed by atoms with Gasteiger partial charge in [0.2, 0.25) is 5.91 Å². The molecule has 0 aliphatic heterocycles. The number of thiophene rings is 1. The van der Waals surface area contributed by atoms with Crippen molar-refractivity contribution < 1.29 is 14.0 Å². The van der Waals surface area contributed by atoms with Gasteiger partial charge in [0.25, 0.3) is 5.91 Å². The zero-order valence-corrected chi connectivity index (χ0v) is 18.6. The standard InChI is InChI=1S/C25H23N3O3S/c1-15-7-8-18-17(14-31-20(18)10-15)11-22(29)28-25-23(19-5-2-6-21(19)32-25)24(30)27-13-16-4-3-9-26-12-16/h3-4,7-10,12,14H,2,5-6,11,13H2,1H3,(H,27,30)(H,28,29). The van der Waals surface area contributed by atoms with Gasteiger partial charge in [-0.3, -0.25) is 14.6 Å². The monoisotopic (exact) mass is 445 g/mol. The molecular weight excluding hydrogens is 422 g/mol. The van der Waals surface area contributed by atoms with E-state index in [0.717, 1.165) is 52.5 Å². The molecule has 0 saturated heterocycles. The first kappa shape index (κ1) is 20.5. The molecule has 0 unspecified atom stereocenters. The van der Waals surface area contributed by atoms with Crippen molar-refractivity contribution in [3.05, 3.63) is 81.7 Å². The second-order valence-corrected chi connectivity index (χ2v) is 9.20. The summed E-state index contributed by atoms with van der Waals surface area (Å²) >= 11 is 1.52. The fraction of sp³-hybridized carbons (Fsp3) is 0.240. The smallest absolute Gasteiger partial charge is 0.254 e. The van der Waals surface area contributed by atoms with Gasteiger partial charge in [-0.05, 0) is 55.0 Å². The molecule has 7 heteroatoms. The van der Waals surface area contributed by atoms with E-state index in [1.807, 2.05) is 37.3 Å². The van der Waals surface area contributed by atoms with Crippen LogP contribution in [0.1, 0.15) is 43.9 Å². The summed E-state index contributed by atoms with van der Waals surface area (Å²) in [5.74, 6) is -0.317. The number of hydrogen-bond acceptors (Lipinski definition) is 5. The average Bonchev–Trinajstić information content (AvgIpc) is 3.47. The molecular formula is C25H23N3O3S. The van der Waals surface area contributed by atoms with E-state index in [1.165, 1.54) is 16.2 Å². The number of fused-ring (bicyclic) bond motifs is 2. The maximum absolute atomic E-state index is 13.1. The van der Waals surface area contributed by atoms with Gasteiger partial charge >= 0.3 is 0 Å². The van der Waals surface area contributed by atoms with Crippen molar-refractivity contribution in [1.82, 2.24) is 10.3 Å². The molecule has 1 aromatic carbocycles. The quantitative estimate of drug-likeness (QED) is 0.447. The number of nitrogens with one attached hydrogen (secondary N) is 2. The highest BCUT2D eigenvalue weighted by molar-refractivity contribution is 7.17. The maximum atomic E-state index is 13.1. The summed E-state index contributed by atoms with van der Waals surface area (Å²) in [4.78, 5) is 31.2. The predicted octanol–water partition coefficient (Wildman–Crippen LogP) is 4.80. The molecule has 1 aliphatic rings. The Balaban J connectivity index is 1.34. The number of carbonyl (C=O) groups excluding carboxylic acids is 2. The number of hydrogen-bond donors (Lipinski definition) is 2. The molecule has 0 fully saturated rings. The summed E-state index contributed by atoms with van der Waals surface area (Å²) < 4.78 is 5.62. The van der Waals surface area contributed by atoms with Gasteiger partial charge in [0.15, 0.2) is 0 Å². The van der Waals surface area contributed by atoms with Crippen LogP contribution in [-0.2, 0) is 30.6 Å². The molecule has 3 aromatic heterocycles.